The van der Waals surface area contributed by atoms with Gasteiger partial charge in [-0.05, 0) is 49.2 Å². The van der Waals surface area contributed by atoms with Gasteiger partial charge in [0.2, 0.25) is 5.52 Å². The fourth-order valence-electron chi connectivity index (χ4n) is 3.23. The topological polar surface area (TPSA) is 34.1 Å². The highest BCUT2D eigenvalue weighted by Crippen LogP contribution is 2.53. The Bertz CT molecular complexity index is 809. The van der Waals surface area contributed by atoms with E-state index in [1.807, 2.05) is 83.2 Å². The summed E-state index contributed by atoms with van der Waals surface area (Å²) in [7, 11) is -3.14. The third kappa shape index (κ3) is 4.80. The summed E-state index contributed by atoms with van der Waals surface area (Å²) in [5.41, 5.74) is 4.27. The Morgan fingerprint density at radius 1 is 1.04 bits per heavy atom. The number of hydrogen-bond donors (Lipinski definition) is 0. The van der Waals surface area contributed by atoms with Gasteiger partial charge in [0.05, 0.1) is 0 Å². The molecule has 0 bridgehead atoms. The van der Waals surface area contributed by atoms with Crippen molar-refractivity contribution in [3.8, 4) is 0 Å². The van der Waals surface area contributed by atoms with Gasteiger partial charge in [-0.25, -0.2) is 0 Å². The highest BCUT2D eigenvalue weighted by Gasteiger charge is 2.32. The Morgan fingerprint density at radius 3 is 2.12 bits per heavy atom. The van der Waals surface area contributed by atoms with Gasteiger partial charge >= 0.3 is 0 Å². The van der Waals surface area contributed by atoms with Crippen molar-refractivity contribution in [3.05, 3.63) is 76.1 Å². The largest absolute Gasteiger partial charge is 0.311 e. The minimum absolute atomic E-state index is 0.182. The molecule has 0 aliphatic heterocycles. The van der Waals surface area contributed by atoms with Crippen LogP contribution in [0.1, 0.15) is 46.5 Å². The second-order valence-corrected chi connectivity index (χ2v) is 9.84. The fraction of sp³-hybridized carbons (Fsp3) is 0.318. The second-order valence-electron chi connectivity index (χ2n) is 7.18. The average molecular weight is 354 g/mol. The Kier molecular flexibility index (Phi) is 6.19. The Hall–Kier alpha value is -1.92. The lowest BCUT2D eigenvalue weighted by molar-refractivity contribution is 0.107. The summed E-state index contributed by atoms with van der Waals surface area (Å²) in [4.78, 5) is 13.3. The number of carbonyl (C=O) groups is 1. The van der Waals surface area contributed by atoms with Crippen molar-refractivity contribution in [2.45, 2.75) is 34.6 Å². The fourth-order valence-corrected chi connectivity index (χ4v) is 5.88. The summed E-state index contributed by atoms with van der Waals surface area (Å²) in [5.74, 6) is 1.84. The third-order valence-corrected chi connectivity index (χ3v) is 6.99. The molecule has 0 aliphatic carbocycles. The predicted molar refractivity (Wildman–Crippen MR) is 108 cm³/mol. The molecule has 25 heavy (non-hydrogen) atoms. The molecule has 0 aliphatic rings. The molecule has 0 fully saturated rings. The first-order valence-corrected chi connectivity index (χ1v) is 10.6. The van der Waals surface area contributed by atoms with Gasteiger partial charge in [-0.2, -0.15) is 0 Å². The van der Waals surface area contributed by atoms with E-state index in [1.165, 1.54) is 0 Å². The van der Waals surface area contributed by atoms with E-state index in [-0.39, 0.29) is 11.4 Å². The molecular formula is C22H27O2P. The van der Waals surface area contributed by atoms with Crippen molar-refractivity contribution < 1.29 is 9.36 Å². The van der Waals surface area contributed by atoms with Crippen molar-refractivity contribution in [1.29, 1.82) is 0 Å². The van der Waals surface area contributed by atoms with Gasteiger partial charge in [-0.3, -0.25) is 4.79 Å². The summed E-state index contributed by atoms with van der Waals surface area (Å²) >= 11 is 0. The summed E-state index contributed by atoms with van der Waals surface area (Å²) < 4.78 is 13.7. The lowest BCUT2D eigenvalue weighted by atomic mass is 10.0. The molecule has 0 aromatic heterocycles. The van der Waals surface area contributed by atoms with Crippen LogP contribution in [0.4, 0.5) is 0 Å². The summed E-state index contributed by atoms with van der Waals surface area (Å²) in [5, 5.41) is 0. The zero-order valence-electron chi connectivity index (χ0n) is 15.7. The van der Waals surface area contributed by atoms with E-state index in [4.69, 9.17) is 0 Å². The Labute approximate surface area is 151 Å². The van der Waals surface area contributed by atoms with E-state index in [1.54, 1.807) is 5.82 Å². The first-order chi connectivity index (χ1) is 11.7. The SMILES string of the molecule is Cc1cc(C)c(C(=O)P(=O)(C=Cc2ccccc2)CC(C)C)c(C)c1. The van der Waals surface area contributed by atoms with Gasteiger partial charge in [0.15, 0.2) is 7.14 Å². The van der Waals surface area contributed by atoms with Crippen LogP contribution in [0.5, 0.6) is 0 Å². The molecule has 0 spiro atoms. The third-order valence-electron chi connectivity index (χ3n) is 4.18. The maximum Gasteiger partial charge on any atom is 0.225 e. The molecular weight excluding hydrogens is 327 g/mol. The van der Waals surface area contributed by atoms with Crippen LogP contribution in [0.3, 0.4) is 0 Å². The number of aryl methyl sites for hydroxylation is 3. The number of carbonyl (C=O) groups excluding carboxylic acids is 1. The molecule has 0 radical (unpaired) electrons. The lowest BCUT2D eigenvalue weighted by Gasteiger charge is -2.18. The van der Waals surface area contributed by atoms with Crippen molar-refractivity contribution in [2.24, 2.45) is 5.92 Å². The van der Waals surface area contributed by atoms with E-state index in [0.717, 1.165) is 22.3 Å². The standard InChI is InChI=1S/C22H27O2P/c1-16(2)15-25(24,12-11-20-9-7-6-8-10-20)22(23)21-18(4)13-17(3)14-19(21)5/h6-14,16H,15H2,1-5H3. The molecule has 0 amide bonds. The van der Waals surface area contributed by atoms with Gasteiger partial charge in [0.25, 0.3) is 0 Å². The van der Waals surface area contributed by atoms with Crippen molar-refractivity contribution in [1.82, 2.24) is 0 Å². The van der Waals surface area contributed by atoms with Crippen LogP contribution < -0.4 is 0 Å². The quantitative estimate of drug-likeness (QED) is 0.559. The van der Waals surface area contributed by atoms with Gasteiger partial charge < -0.3 is 4.57 Å². The van der Waals surface area contributed by atoms with Crippen LogP contribution in [-0.2, 0) is 4.57 Å². The first kappa shape index (κ1) is 19.4. The number of hydrogen-bond acceptors (Lipinski definition) is 2. The van der Waals surface area contributed by atoms with Crippen LogP contribution in [0, 0.1) is 26.7 Å². The van der Waals surface area contributed by atoms with Crippen LogP contribution >= 0.6 is 7.14 Å². The average Bonchev–Trinajstić information content (AvgIpc) is 2.52. The van der Waals surface area contributed by atoms with Crippen LogP contribution in [0.25, 0.3) is 6.08 Å². The normalized spacial score (nSPS) is 14.0. The van der Waals surface area contributed by atoms with E-state index in [9.17, 15) is 9.36 Å². The molecule has 2 aromatic rings. The zero-order chi connectivity index (χ0) is 18.6. The molecule has 0 heterocycles. The molecule has 2 aromatic carbocycles. The number of benzene rings is 2. The Balaban J connectivity index is 2.48. The highest BCUT2D eigenvalue weighted by molar-refractivity contribution is 7.83. The van der Waals surface area contributed by atoms with Crippen molar-refractivity contribution >= 4 is 18.7 Å². The van der Waals surface area contributed by atoms with E-state index < -0.39 is 7.14 Å². The van der Waals surface area contributed by atoms with Gasteiger partial charge in [0, 0.05) is 11.7 Å². The van der Waals surface area contributed by atoms with Crippen molar-refractivity contribution in [3.63, 3.8) is 0 Å². The summed E-state index contributed by atoms with van der Waals surface area (Å²) in [6.07, 6.45) is 2.21. The summed E-state index contributed by atoms with van der Waals surface area (Å²) in [6, 6.07) is 13.7. The first-order valence-electron chi connectivity index (χ1n) is 8.69. The van der Waals surface area contributed by atoms with Gasteiger partial charge in [-0.1, -0.05) is 68.0 Å². The van der Waals surface area contributed by atoms with E-state index >= 15 is 0 Å². The van der Waals surface area contributed by atoms with E-state index in [0.29, 0.717) is 11.7 Å². The molecule has 0 N–H and O–H groups in total. The van der Waals surface area contributed by atoms with Gasteiger partial charge in [-0.15, -0.1) is 0 Å². The maximum atomic E-state index is 13.7. The monoisotopic (exact) mass is 354 g/mol. The van der Waals surface area contributed by atoms with Crippen molar-refractivity contribution in [2.75, 3.05) is 6.16 Å². The minimum Gasteiger partial charge on any atom is -0.311 e. The molecule has 0 saturated heterocycles. The van der Waals surface area contributed by atoms with E-state index in [2.05, 4.69) is 0 Å². The second kappa shape index (κ2) is 7.97. The number of rotatable bonds is 6. The lowest BCUT2D eigenvalue weighted by Crippen LogP contribution is -2.10. The maximum absolute atomic E-state index is 13.7. The predicted octanol–water partition coefficient (Wildman–Crippen LogP) is 6.44. The molecule has 0 saturated carbocycles. The van der Waals surface area contributed by atoms with Crippen LogP contribution in [0.2, 0.25) is 0 Å². The molecule has 1 atom stereocenters. The minimum atomic E-state index is -3.14. The molecule has 3 heteroatoms. The molecule has 2 nitrogen and oxygen atoms in total. The van der Waals surface area contributed by atoms with Crippen LogP contribution in [-0.4, -0.2) is 11.7 Å². The molecule has 1 unspecified atom stereocenters. The molecule has 132 valence electrons. The Morgan fingerprint density at radius 2 is 1.60 bits per heavy atom. The smallest absolute Gasteiger partial charge is 0.225 e. The summed E-state index contributed by atoms with van der Waals surface area (Å²) in [6.45, 7) is 9.87. The molecule has 2 rings (SSSR count). The van der Waals surface area contributed by atoms with Crippen LogP contribution in [0.15, 0.2) is 48.3 Å². The zero-order valence-corrected chi connectivity index (χ0v) is 16.6. The highest BCUT2D eigenvalue weighted by atomic mass is 31.2. The van der Waals surface area contributed by atoms with Gasteiger partial charge in [0.1, 0.15) is 0 Å².